The van der Waals surface area contributed by atoms with Gasteiger partial charge in [-0.25, -0.2) is 0 Å². The lowest BCUT2D eigenvalue weighted by Crippen LogP contribution is -2.13. The van der Waals surface area contributed by atoms with E-state index in [2.05, 4.69) is 77.5 Å². The van der Waals surface area contributed by atoms with Crippen molar-refractivity contribution in [3.8, 4) is 0 Å². The van der Waals surface area contributed by atoms with Gasteiger partial charge in [0.15, 0.2) is 0 Å². The fourth-order valence-corrected chi connectivity index (χ4v) is 3.56. The molecule has 0 aliphatic rings. The Morgan fingerprint density at radius 3 is 2.53 bits per heavy atom. The first-order chi connectivity index (χ1) is 9.06. The molecule has 4 heteroatoms. The van der Waals surface area contributed by atoms with Crippen LogP contribution in [0.2, 0.25) is 0 Å². The standard InChI is InChI=1S/C15H19BrN2S/c1-11-8-12(4-6-14(11)18(2)3)9-17-10-13-5-7-15(16)19-13/h4-8,17H,9-10H2,1-3H3. The summed E-state index contributed by atoms with van der Waals surface area (Å²) in [5.41, 5.74) is 3.94. The van der Waals surface area contributed by atoms with E-state index < -0.39 is 0 Å². The molecule has 102 valence electrons. The molecule has 0 saturated heterocycles. The van der Waals surface area contributed by atoms with E-state index in [0.29, 0.717) is 0 Å². The first kappa shape index (κ1) is 14.6. The van der Waals surface area contributed by atoms with E-state index in [1.54, 1.807) is 11.3 Å². The minimum Gasteiger partial charge on any atom is -0.377 e. The average molecular weight is 339 g/mol. The first-order valence-electron chi connectivity index (χ1n) is 6.28. The van der Waals surface area contributed by atoms with Crippen molar-refractivity contribution in [2.45, 2.75) is 20.0 Å². The van der Waals surface area contributed by atoms with Gasteiger partial charge in [0.2, 0.25) is 0 Å². The number of nitrogens with one attached hydrogen (secondary N) is 1. The second-order valence-electron chi connectivity index (χ2n) is 4.82. The summed E-state index contributed by atoms with van der Waals surface area (Å²) in [4.78, 5) is 3.50. The topological polar surface area (TPSA) is 15.3 Å². The van der Waals surface area contributed by atoms with Gasteiger partial charge in [0, 0.05) is 37.7 Å². The van der Waals surface area contributed by atoms with Gasteiger partial charge in [-0.15, -0.1) is 11.3 Å². The van der Waals surface area contributed by atoms with Crippen LogP contribution in [0.4, 0.5) is 5.69 Å². The highest BCUT2D eigenvalue weighted by molar-refractivity contribution is 9.11. The number of aryl methyl sites for hydroxylation is 1. The minimum absolute atomic E-state index is 0.907. The third-order valence-electron chi connectivity index (χ3n) is 3.00. The number of hydrogen-bond donors (Lipinski definition) is 1. The highest BCUT2D eigenvalue weighted by atomic mass is 79.9. The molecule has 0 saturated carbocycles. The van der Waals surface area contributed by atoms with Gasteiger partial charge in [-0.2, -0.15) is 0 Å². The van der Waals surface area contributed by atoms with Crippen LogP contribution in [0.25, 0.3) is 0 Å². The second kappa shape index (κ2) is 6.55. The van der Waals surface area contributed by atoms with Gasteiger partial charge in [-0.05, 0) is 52.2 Å². The molecule has 0 atom stereocenters. The first-order valence-corrected chi connectivity index (χ1v) is 7.89. The minimum atomic E-state index is 0.907. The number of nitrogens with zero attached hydrogens (tertiary/aromatic N) is 1. The molecule has 0 aliphatic heterocycles. The van der Waals surface area contributed by atoms with Crippen LogP contribution < -0.4 is 10.2 Å². The largest absolute Gasteiger partial charge is 0.377 e. The Morgan fingerprint density at radius 1 is 1.16 bits per heavy atom. The predicted octanol–water partition coefficient (Wildman–Crippen LogP) is 4.17. The lowest BCUT2D eigenvalue weighted by molar-refractivity contribution is 0.700. The maximum Gasteiger partial charge on any atom is 0.0701 e. The lowest BCUT2D eigenvalue weighted by Gasteiger charge is -2.16. The molecule has 0 bridgehead atoms. The summed E-state index contributed by atoms with van der Waals surface area (Å²) < 4.78 is 1.19. The van der Waals surface area contributed by atoms with Crippen LogP contribution in [0.3, 0.4) is 0 Å². The summed E-state index contributed by atoms with van der Waals surface area (Å²) in [5.74, 6) is 0. The monoisotopic (exact) mass is 338 g/mol. The quantitative estimate of drug-likeness (QED) is 0.879. The number of hydrogen-bond acceptors (Lipinski definition) is 3. The van der Waals surface area contributed by atoms with Crippen molar-refractivity contribution < 1.29 is 0 Å². The smallest absolute Gasteiger partial charge is 0.0701 e. The molecular weight excluding hydrogens is 320 g/mol. The molecule has 2 aromatic rings. The van der Waals surface area contributed by atoms with Crippen LogP contribution in [0.5, 0.6) is 0 Å². The molecule has 1 heterocycles. The zero-order chi connectivity index (χ0) is 13.8. The van der Waals surface area contributed by atoms with Gasteiger partial charge < -0.3 is 10.2 Å². The third kappa shape index (κ3) is 4.06. The molecule has 2 rings (SSSR count). The normalized spacial score (nSPS) is 10.7. The average Bonchev–Trinajstić information content (AvgIpc) is 2.75. The molecule has 19 heavy (non-hydrogen) atoms. The molecule has 0 radical (unpaired) electrons. The number of benzene rings is 1. The van der Waals surface area contributed by atoms with Gasteiger partial charge in [-0.1, -0.05) is 12.1 Å². The van der Waals surface area contributed by atoms with E-state index in [4.69, 9.17) is 0 Å². The molecule has 2 nitrogen and oxygen atoms in total. The number of halogens is 1. The van der Waals surface area contributed by atoms with E-state index in [0.717, 1.165) is 13.1 Å². The van der Waals surface area contributed by atoms with Crippen molar-refractivity contribution in [2.24, 2.45) is 0 Å². The van der Waals surface area contributed by atoms with E-state index in [1.807, 2.05) is 0 Å². The number of anilines is 1. The summed E-state index contributed by atoms with van der Waals surface area (Å²) in [5, 5.41) is 3.48. The van der Waals surface area contributed by atoms with E-state index in [1.165, 1.54) is 25.5 Å². The van der Waals surface area contributed by atoms with E-state index >= 15 is 0 Å². The van der Waals surface area contributed by atoms with Crippen molar-refractivity contribution in [2.75, 3.05) is 19.0 Å². The fourth-order valence-electron chi connectivity index (χ4n) is 2.11. The van der Waals surface area contributed by atoms with Crippen molar-refractivity contribution in [3.05, 3.63) is 50.1 Å². The Labute approximate surface area is 127 Å². The van der Waals surface area contributed by atoms with Gasteiger partial charge in [0.1, 0.15) is 0 Å². The fraction of sp³-hybridized carbons (Fsp3) is 0.333. The summed E-state index contributed by atoms with van der Waals surface area (Å²) in [6.45, 7) is 3.99. The van der Waals surface area contributed by atoms with Crippen LogP contribution in [0, 0.1) is 6.92 Å². The summed E-state index contributed by atoms with van der Waals surface area (Å²) >= 11 is 5.27. The molecule has 0 aliphatic carbocycles. The highest BCUT2D eigenvalue weighted by Gasteiger charge is 2.02. The van der Waals surface area contributed by atoms with Crippen LogP contribution in [0.1, 0.15) is 16.0 Å². The predicted molar refractivity (Wildman–Crippen MR) is 88.1 cm³/mol. The molecule has 1 aromatic carbocycles. The third-order valence-corrected chi connectivity index (χ3v) is 4.62. The Hall–Kier alpha value is -0.840. The van der Waals surface area contributed by atoms with Crippen LogP contribution in [-0.2, 0) is 13.1 Å². The van der Waals surface area contributed by atoms with Gasteiger partial charge in [-0.3, -0.25) is 0 Å². The number of rotatable bonds is 5. The molecule has 1 N–H and O–H groups in total. The van der Waals surface area contributed by atoms with Crippen molar-refractivity contribution in [1.29, 1.82) is 0 Å². The molecule has 1 aromatic heterocycles. The molecule has 0 amide bonds. The molecule has 0 fully saturated rings. The second-order valence-corrected chi connectivity index (χ2v) is 7.37. The summed E-state index contributed by atoms with van der Waals surface area (Å²) in [7, 11) is 4.16. The molecule has 0 unspecified atom stereocenters. The summed E-state index contributed by atoms with van der Waals surface area (Å²) in [6.07, 6.45) is 0. The van der Waals surface area contributed by atoms with Gasteiger partial charge >= 0.3 is 0 Å². The maximum absolute atomic E-state index is 3.49. The highest BCUT2D eigenvalue weighted by Crippen LogP contribution is 2.22. The van der Waals surface area contributed by atoms with Crippen molar-refractivity contribution in [3.63, 3.8) is 0 Å². The van der Waals surface area contributed by atoms with Crippen molar-refractivity contribution >= 4 is 33.0 Å². The molecular formula is C15H19BrN2S. The van der Waals surface area contributed by atoms with Crippen LogP contribution >= 0.6 is 27.3 Å². The SMILES string of the molecule is Cc1cc(CNCc2ccc(Br)s2)ccc1N(C)C. The van der Waals surface area contributed by atoms with Crippen molar-refractivity contribution in [1.82, 2.24) is 5.32 Å². The lowest BCUT2D eigenvalue weighted by atomic mass is 10.1. The zero-order valence-electron chi connectivity index (χ0n) is 11.5. The van der Waals surface area contributed by atoms with E-state index in [9.17, 15) is 0 Å². The van der Waals surface area contributed by atoms with E-state index in [-0.39, 0.29) is 0 Å². The number of thiophene rings is 1. The van der Waals surface area contributed by atoms with Crippen LogP contribution in [0.15, 0.2) is 34.1 Å². The Balaban J connectivity index is 1.91. The maximum atomic E-state index is 3.49. The Morgan fingerprint density at radius 2 is 1.95 bits per heavy atom. The molecule has 0 spiro atoms. The Bertz CT molecular complexity index is 549. The zero-order valence-corrected chi connectivity index (χ0v) is 13.9. The summed E-state index contributed by atoms with van der Waals surface area (Å²) in [6, 6.07) is 10.9. The van der Waals surface area contributed by atoms with Gasteiger partial charge in [0.25, 0.3) is 0 Å². The van der Waals surface area contributed by atoms with Gasteiger partial charge in [0.05, 0.1) is 3.79 Å². The van der Waals surface area contributed by atoms with Crippen LogP contribution in [-0.4, -0.2) is 14.1 Å². The Kier molecular flexibility index (Phi) is 5.02.